The van der Waals surface area contributed by atoms with Crippen LogP contribution in [-0.2, 0) is 19.6 Å². The predicted octanol–water partition coefficient (Wildman–Crippen LogP) is 2.22. The predicted molar refractivity (Wildman–Crippen MR) is 79.0 cm³/mol. The number of carbonyl (C=O) groups is 1. The van der Waals surface area contributed by atoms with Gasteiger partial charge in [-0.05, 0) is 26.0 Å². The fraction of sp³-hybridized carbons (Fsp3) is 0.400. The lowest BCUT2D eigenvalue weighted by Crippen LogP contribution is -2.39. The number of allylic oxidation sites excluding steroid dienone is 1. The fourth-order valence-electron chi connectivity index (χ4n) is 2.29. The molecule has 0 bridgehead atoms. The summed E-state index contributed by atoms with van der Waals surface area (Å²) in [5, 5.41) is 0. The molecule has 1 aromatic rings. The van der Waals surface area contributed by atoms with E-state index in [2.05, 4.69) is 0 Å². The van der Waals surface area contributed by atoms with Crippen molar-refractivity contribution in [2.24, 2.45) is 0 Å². The van der Waals surface area contributed by atoms with E-state index in [9.17, 15) is 13.2 Å². The third-order valence-corrected chi connectivity index (χ3v) is 5.13. The topological polar surface area (TPSA) is 63.7 Å². The molecule has 1 atom stereocenters. The molecule has 0 aliphatic carbocycles. The van der Waals surface area contributed by atoms with Crippen LogP contribution in [0.3, 0.4) is 0 Å². The number of sulfonamides is 1. The number of rotatable bonds is 5. The first-order chi connectivity index (χ1) is 9.87. The number of ketones is 1. The van der Waals surface area contributed by atoms with Gasteiger partial charge in [0.05, 0.1) is 10.6 Å². The summed E-state index contributed by atoms with van der Waals surface area (Å²) in [4.78, 5) is 11.9. The monoisotopic (exact) mass is 309 g/mol. The first kappa shape index (κ1) is 15.7. The van der Waals surface area contributed by atoms with Crippen LogP contribution in [0.5, 0.6) is 0 Å². The highest BCUT2D eigenvalue weighted by Gasteiger charge is 2.38. The second-order valence-corrected chi connectivity index (χ2v) is 6.72. The zero-order chi connectivity index (χ0) is 15.6. The lowest BCUT2D eigenvalue weighted by atomic mass is 10.2. The van der Waals surface area contributed by atoms with Crippen LogP contribution < -0.4 is 0 Å². The minimum absolute atomic E-state index is 0.159. The smallest absolute Gasteiger partial charge is 0.266 e. The van der Waals surface area contributed by atoms with Crippen molar-refractivity contribution >= 4 is 15.8 Å². The molecule has 1 aliphatic rings. The highest BCUT2D eigenvalue weighted by molar-refractivity contribution is 7.89. The molecule has 0 aromatic heterocycles. The van der Waals surface area contributed by atoms with Gasteiger partial charge in [-0.1, -0.05) is 23.8 Å². The Balaban J connectivity index is 2.45. The van der Waals surface area contributed by atoms with Gasteiger partial charge >= 0.3 is 0 Å². The highest BCUT2D eigenvalue weighted by atomic mass is 32.2. The lowest BCUT2D eigenvalue weighted by molar-refractivity contribution is -0.115. The normalized spacial score (nSPS) is 18.7. The van der Waals surface area contributed by atoms with Crippen LogP contribution >= 0.6 is 0 Å². The van der Waals surface area contributed by atoms with Crippen molar-refractivity contribution in [3.8, 4) is 0 Å². The number of aryl methyl sites for hydroxylation is 1. The number of hydrogen-bond donors (Lipinski definition) is 0. The molecule has 0 saturated heterocycles. The van der Waals surface area contributed by atoms with Crippen molar-refractivity contribution in [3.05, 3.63) is 41.6 Å². The Morgan fingerprint density at radius 2 is 1.95 bits per heavy atom. The number of benzene rings is 1. The molecular formula is C15H19NO4S. The summed E-state index contributed by atoms with van der Waals surface area (Å²) in [6, 6.07) is 6.55. The average Bonchev–Trinajstić information content (AvgIpc) is 2.84. The summed E-state index contributed by atoms with van der Waals surface area (Å²) >= 11 is 0. The fourth-order valence-corrected chi connectivity index (χ4v) is 3.91. The minimum Gasteiger partial charge on any atom is -0.357 e. The Kier molecular flexibility index (Phi) is 4.49. The van der Waals surface area contributed by atoms with Crippen LogP contribution in [-0.4, -0.2) is 31.3 Å². The van der Waals surface area contributed by atoms with Gasteiger partial charge < -0.3 is 4.74 Å². The first-order valence-corrected chi connectivity index (χ1v) is 8.25. The molecular weight excluding hydrogens is 290 g/mol. The SMILES string of the molecule is CCOC1CC=C(C(C)=O)N1S(=O)(=O)c1ccc(C)cc1. The zero-order valence-corrected chi connectivity index (χ0v) is 13.2. The Morgan fingerprint density at radius 1 is 1.33 bits per heavy atom. The molecule has 0 fully saturated rings. The number of ether oxygens (including phenoxy) is 1. The molecule has 0 radical (unpaired) electrons. The number of carbonyl (C=O) groups excluding carboxylic acids is 1. The number of nitrogens with zero attached hydrogens (tertiary/aromatic N) is 1. The van der Waals surface area contributed by atoms with Gasteiger partial charge in [0.1, 0.15) is 6.23 Å². The molecule has 0 amide bonds. The van der Waals surface area contributed by atoms with Gasteiger partial charge in [-0.3, -0.25) is 4.79 Å². The maximum Gasteiger partial charge on any atom is 0.266 e. The Morgan fingerprint density at radius 3 is 2.48 bits per heavy atom. The van der Waals surface area contributed by atoms with Crippen LogP contribution in [0.4, 0.5) is 0 Å². The molecule has 1 aliphatic heterocycles. The third kappa shape index (κ3) is 3.01. The molecule has 5 nitrogen and oxygen atoms in total. The van der Waals surface area contributed by atoms with Crippen molar-refractivity contribution in [1.29, 1.82) is 0 Å². The van der Waals surface area contributed by atoms with Crippen LogP contribution in [0, 0.1) is 6.92 Å². The summed E-state index contributed by atoms with van der Waals surface area (Å²) in [6.45, 7) is 5.42. The molecule has 6 heteroatoms. The maximum absolute atomic E-state index is 12.8. The van der Waals surface area contributed by atoms with Crippen LogP contribution in [0.2, 0.25) is 0 Å². The Labute approximate surface area is 125 Å². The minimum atomic E-state index is -3.80. The van der Waals surface area contributed by atoms with Crippen LogP contribution in [0.15, 0.2) is 40.9 Å². The summed E-state index contributed by atoms with van der Waals surface area (Å²) in [5.74, 6) is -0.284. The summed E-state index contributed by atoms with van der Waals surface area (Å²) in [5.41, 5.74) is 1.15. The molecule has 0 spiro atoms. The molecule has 1 unspecified atom stereocenters. The van der Waals surface area contributed by atoms with Crippen molar-refractivity contribution in [2.45, 2.75) is 38.3 Å². The second kappa shape index (κ2) is 5.99. The molecule has 1 aromatic carbocycles. The summed E-state index contributed by atoms with van der Waals surface area (Å²) in [6.07, 6.45) is 1.35. The molecule has 21 heavy (non-hydrogen) atoms. The van der Waals surface area contributed by atoms with E-state index in [0.717, 1.165) is 9.87 Å². The molecule has 1 heterocycles. The summed E-state index contributed by atoms with van der Waals surface area (Å²) < 4.78 is 32.2. The van der Waals surface area contributed by atoms with Gasteiger partial charge in [-0.15, -0.1) is 0 Å². The van der Waals surface area contributed by atoms with Gasteiger partial charge in [-0.25, -0.2) is 12.7 Å². The lowest BCUT2D eigenvalue weighted by Gasteiger charge is -2.27. The second-order valence-electron chi connectivity index (χ2n) is 4.91. The standard InChI is InChI=1S/C15H19NO4S/c1-4-20-15-10-9-14(12(3)17)16(15)21(18,19)13-7-5-11(2)6-8-13/h5-9,15H,4,10H2,1-3H3. The maximum atomic E-state index is 12.8. The van der Waals surface area contributed by atoms with Crippen molar-refractivity contribution in [2.75, 3.05) is 6.61 Å². The van der Waals surface area contributed by atoms with Crippen molar-refractivity contribution < 1.29 is 17.9 Å². The summed E-state index contributed by atoms with van der Waals surface area (Å²) in [7, 11) is -3.80. The third-order valence-electron chi connectivity index (χ3n) is 3.31. The first-order valence-electron chi connectivity index (χ1n) is 6.81. The van der Waals surface area contributed by atoms with E-state index in [-0.39, 0.29) is 16.4 Å². The van der Waals surface area contributed by atoms with Crippen LogP contribution in [0.1, 0.15) is 25.8 Å². The molecule has 2 rings (SSSR count). The van der Waals surface area contributed by atoms with E-state index in [4.69, 9.17) is 4.74 Å². The number of Topliss-reactive ketones (excluding diaryl/α,β-unsaturated/α-hetero) is 1. The van der Waals surface area contributed by atoms with E-state index in [1.54, 1.807) is 37.3 Å². The largest absolute Gasteiger partial charge is 0.357 e. The van der Waals surface area contributed by atoms with E-state index in [1.807, 2.05) is 6.92 Å². The molecule has 0 N–H and O–H groups in total. The van der Waals surface area contributed by atoms with Gasteiger partial charge in [0.25, 0.3) is 10.0 Å². The van der Waals surface area contributed by atoms with E-state index < -0.39 is 16.3 Å². The number of hydrogen-bond acceptors (Lipinski definition) is 4. The van der Waals surface area contributed by atoms with Gasteiger partial charge in [0.15, 0.2) is 5.78 Å². The van der Waals surface area contributed by atoms with E-state index in [0.29, 0.717) is 13.0 Å². The van der Waals surface area contributed by atoms with Gasteiger partial charge in [0, 0.05) is 20.0 Å². The Hall–Kier alpha value is -1.66. The van der Waals surface area contributed by atoms with E-state index >= 15 is 0 Å². The highest BCUT2D eigenvalue weighted by Crippen LogP contribution is 2.31. The van der Waals surface area contributed by atoms with Gasteiger partial charge in [0.2, 0.25) is 0 Å². The average molecular weight is 309 g/mol. The van der Waals surface area contributed by atoms with Crippen LogP contribution in [0.25, 0.3) is 0 Å². The zero-order valence-electron chi connectivity index (χ0n) is 12.4. The van der Waals surface area contributed by atoms with Gasteiger partial charge in [-0.2, -0.15) is 0 Å². The van der Waals surface area contributed by atoms with Crippen molar-refractivity contribution in [3.63, 3.8) is 0 Å². The quantitative estimate of drug-likeness (QED) is 0.836. The van der Waals surface area contributed by atoms with Crippen molar-refractivity contribution in [1.82, 2.24) is 4.31 Å². The molecule has 114 valence electrons. The van der Waals surface area contributed by atoms with E-state index in [1.165, 1.54) is 6.92 Å². The Bertz CT molecular complexity index is 661. The molecule has 0 saturated carbocycles.